The van der Waals surface area contributed by atoms with Gasteiger partial charge in [-0.2, -0.15) is 0 Å². The molecule has 2 aliphatic heterocycles. The van der Waals surface area contributed by atoms with Crippen LogP contribution in [0.5, 0.6) is 0 Å². The van der Waals surface area contributed by atoms with Gasteiger partial charge in [0.15, 0.2) is 0 Å². The molecule has 3 rings (SSSR count). The molecule has 0 saturated carbocycles. The first-order chi connectivity index (χ1) is 17.1. The maximum Gasteiger partial charge on any atom is 0.326 e. The van der Waals surface area contributed by atoms with E-state index in [1.165, 1.54) is 4.90 Å². The molecule has 0 aliphatic carbocycles. The number of amides is 3. The van der Waals surface area contributed by atoms with E-state index in [9.17, 15) is 34.5 Å². The Morgan fingerprint density at radius 3 is 2.47 bits per heavy atom. The number of carbonyl (C=O) groups excluding carboxylic acids is 3. The van der Waals surface area contributed by atoms with Crippen LogP contribution < -0.4 is 11.1 Å². The molecule has 198 valence electrons. The largest absolute Gasteiger partial charge is 0.480 e. The standard InChI is InChI=1S/C25H36N4O7/c1-2-7-18(27-22(32)21(31)17(26)12-15-8-4-3-5-9-15)23(33)28-11-6-10-19(28)24(34)29-14-16(30)13-20(29)25(35)36/h3-5,8-9,16-21,30-31H,2,6-7,10-14,26H2,1H3,(H,27,32)(H,35,36). The zero-order valence-corrected chi connectivity index (χ0v) is 20.5. The molecule has 3 amide bonds. The van der Waals surface area contributed by atoms with Crippen LogP contribution >= 0.6 is 0 Å². The van der Waals surface area contributed by atoms with Gasteiger partial charge in [0.2, 0.25) is 11.8 Å². The lowest BCUT2D eigenvalue weighted by Crippen LogP contribution is -2.57. The van der Waals surface area contributed by atoms with Crippen LogP contribution in [0.2, 0.25) is 0 Å². The van der Waals surface area contributed by atoms with E-state index in [0.717, 1.165) is 10.5 Å². The molecule has 2 fully saturated rings. The van der Waals surface area contributed by atoms with Crippen LogP contribution in [0.3, 0.4) is 0 Å². The number of hydrogen-bond donors (Lipinski definition) is 5. The Bertz CT molecular complexity index is 944. The number of carboxylic acids is 1. The van der Waals surface area contributed by atoms with Crippen LogP contribution in [-0.4, -0.2) is 98.3 Å². The molecular formula is C25H36N4O7. The number of carbonyl (C=O) groups is 4. The number of aliphatic hydroxyl groups is 2. The molecule has 2 aliphatic rings. The van der Waals surface area contributed by atoms with E-state index in [0.29, 0.717) is 25.7 Å². The van der Waals surface area contributed by atoms with E-state index >= 15 is 0 Å². The number of nitrogens with zero attached hydrogens (tertiary/aromatic N) is 2. The van der Waals surface area contributed by atoms with E-state index in [-0.39, 0.29) is 25.9 Å². The molecule has 36 heavy (non-hydrogen) atoms. The lowest BCUT2D eigenvalue weighted by Gasteiger charge is -2.32. The second-order valence-electron chi connectivity index (χ2n) is 9.57. The van der Waals surface area contributed by atoms with Crippen molar-refractivity contribution < 1.29 is 34.5 Å². The van der Waals surface area contributed by atoms with Crippen molar-refractivity contribution in [2.24, 2.45) is 5.73 Å². The predicted molar refractivity (Wildman–Crippen MR) is 129 cm³/mol. The number of β-amino-alcohol motifs (C(OH)–C–C–N with tert-alkyl or cyclic N) is 1. The molecule has 11 nitrogen and oxygen atoms in total. The molecule has 1 aromatic carbocycles. The van der Waals surface area contributed by atoms with Crippen molar-refractivity contribution >= 4 is 23.7 Å². The van der Waals surface area contributed by atoms with Crippen LogP contribution in [0.25, 0.3) is 0 Å². The number of hydrogen-bond acceptors (Lipinski definition) is 7. The Balaban J connectivity index is 1.67. The third-order valence-corrected chi connectivity index (χ3v) is 6.85. The summed E-state index contributed by atoms with van der Waals surface area (Å²) >= 11 is 0. The number of carboxylic acid groups (broad SMARTS) is 1. The van der Waals surface area contributed by atoms with E-state index in [4.69, 9.17) is 5.73 Å². The Morgan fingerprint density at radius 2 is 1.83 bits per heavy atom. The predicted octanol–water partition coefficient (Wildman–Crippen LogP) is -0.760. The lowest BCUT2D eigenvalue weighted by atomic mass is 10.0. The first kappa shape index (κ1) is 27.6. The van der Waals surface area contributed by atoms with Crippen molar-refractivity contribution in [3.63, 3.8) is 0 Å². The van der Waals surface area contributed by atoms with Crippen molar-refractivity contribution in [3.05, 3.63) is 35.9 Å². The summed E-state index contributed by atoms with van der Waals surface area (Å²) in [6.45, 7) is 2.03. The highest BCUT2D eigenvalue weighted by Gasteiger charge is 2.45. The molecule has 11 heteroatoms. The highest BCUT2D eigenvalue weighted by molar-refractivity contribution is 5.94. The molecule has 0 bridgehead atoms. The van der Waals surface area contributed by atoms with Gasteiger partial charge in [0.1, 0.15) is 24.2 Å². The fourth-order valence-corrected chi connectivity index (χ4v) is 4.97. The summed E-state index contributed by atoms with van der Waals surface area (Å²) < 4.78 is 0. The van der Waals surface area contributed by atoms with Crippen molar-refractivity contribution in [3.8, 4) is 0 Å². The fourth-order valence-electron chi connectivity index (χ4n) is 4.97. The van der Waals surface area contributed by atoms with E-state index < -0.39 is 60.1 Å². The molecule has 6 unspecified atom stereocenters. The van der Waals surface area contributed by atoms with Gasteiger partial charge in [-0.25, -0.2) is 4.79 Å². The fraction of sp³-hybridized carbons (Fsp3) is 0.600. The number of aliphatic hydroxyl groups excluding tert-OH is 2. The zero-order valence-electron chi connectivity index (χ0n) is 20.5. The van der Waals surface area contributed by atoms with Gasteiger partial charge < -0.3 is 36.2 Å². The van der Waals surface area contributed by atoms with Gasteiger partial charge in [-0.3, -0.25) is 14.4 Å². The topological polar surface area (TPSA) is 173 Å². The Morgan fingerprint density at radius 1 is 1.14 bits per heavy atom. The minimum absolute atomic E-state index is 0.0582. The van der Waals surface area contributed by atoms with E-state index in [1.807, 2.05) is 37.3 Å². The van der Waals surface area contributed by atoms with Crippen molar-refractivity contribution in [1.29, 1.82) is 0 Å². The quantitative estimate of drug-likeness (QED) is 0.276. The lowest BCUT2D eigenvalue weighted by molar-refractivity contribution is -0.152. The van der Waals surface area contributed by atoms with Gasteiger partial charge in [-0.15, -0.1) is 0 Å². The van der Waals surface area contributed by atoms with Crippen LogP contribution in [0.4, 0.5) is 0 Å². The molecule has 6 N–H and O–H groups in total. The zero-order chi connectivity index (χ0) is 26.4. The maximum absolute atomic E-state index is 13.4. The molecule has 0 radical (unpaired) electrons. The number of nitrogens with one attached hydrogen (secondary N) is 1. The van der Waals surface area contributed by atoms with Crippen molar-refractivity contribution in [2.75, 3.05) is 13.1 Å². The monoisotopic (exact) mass is 504 g/mol. The normalized spacial score (nSPS) is 24.3. The van der Waals surface area contributed by atoms with Crippen LogP contribution in [0, 0.1) is 0 Å². The van der Waals surface area contributed by atoms with Crippen molar-refractivity contribution in [1.82, 2.24) is 15.1 Å². The van der Waals surface area contributed by atoms with Crippen molar-refractivity contribution in [2.45, 2.75) is 81.8 Å². The van der Waals surface area contributed by atoms with Crippen LogP contribution in [-0.2, 0) is 25.6 Å². The highest BCUT2D eigenvalue weighted by atomic mass is 16.4. The van der Waals surface area contributed by atoms with Gasteiger partial charge in [-0.1, -0.05) is 43.7 Å². The molecule has 6 atom stereocenters. The Kier molecular flexibility index (Phi) is 9.41. The summed E-state index contributed by atoms with van der Waals surface area (Å²) in [6.07, 6.45) is -0.481. The average Bonchev–Trinajstić information content (AvgIpc) is 3.50. The molecule has 0 spiro atoms. The minimum Gasteiger partial charge on any atom is -0.480 e. The van der Waals surface area contributed by atoms with Gasteiger partial charge >= 0.3 is 5.97 Å². The summed E-state index contributed by atoms with van der Waals surface area (Å²) in [7, 11) is 0. The second kappa shape index (κ2) is 12.3. The number of aliphatic carboxylic acids is 1. The van der Waals surface area contributed by atoms with Gasteiger partial charge in [0.05, 0.1) is 6.10 Å². The van der Waals surface area contributed by atoms with Gasteiger partial charge in [0.25, 0.3) is 5.91 Å². The Hall–Kier alpha value is -3.02. The smallest absolute Gasteiger partial charge is 0.326 e. The van der Waals surface area contributed by atoms with E-state index in [2.05, 4.69) is 5.32 Å². The van der Waals surface area contributed by atoms with Gasteiger partial charge in [-0.05, 0) is 31.2 Å². The molecular weight excluding hydrogens is 468 g/mol. The maximum atomic E-state index is 13.4. The first-order valence-electron chi connectivity index (χ1n) is 12.4. The highest BCUT2D eigenvalue weighted by Crippen LogP contribution is 2.26. The summed E-state index contributed by atoms with van der Waals surface area (Å²) in [4.78, 5) is 53.5. The van der Waals surface area contributed by atoms with Crippen LogP contribution in [0.1, 0.15) is 44.6 Å². The first-order valence-corrected chi connectivity index (χ1v) is 12.4. The number of rotatable bonds is 10. The summed E-state index contributed by atoms with van der Waals surface area (Å²) in [5.74, 6) is -2.94. The summed E-state index contributed by atoms with van der Waals surface area (Å²) in [5.41, 5.74) is 6.92. The molecule has 0 aromatic heterocycles. The SMILES string of the molecule is CCCC(NC(=O)C(O)C(N)Cc1ccccc1)C(=O)N1CCCC1C(=O)N1CC(O)CC1C(=O)O. The summed E-state index contributed by atoms with van der Waals surface area (Å²) in [5, 5.41) is 32.5. The molecule has 1 aromatic rings. The number of benzene rings is 1. The third kappa shape index (κ3) is 6.40. The van der Waals surface area contributed by atoms with E-state index in [1.54, 1.807) is 0 Å². The average molecular weight is 505 g/mol. The Labute approximate surface area is 210 Å². The van der Waals surface area contributed by atoms with Crippen LogP contribution in [0.15, 0.2) is 30.3 Å². The van der Waals surface area contributed by atoms with Gasteiger partial charge in [0, 0.05) is 25.6 Å². The molecule has 2 heterocycles. The number of nitrogens with two attached hydrogens (primary N) is 1. The minimum atomic E-state index is -1.53. The second-order valence-corrected chi connectivity index (χ2v) is 9.57. The third-order valence-electron chi connectivity index (χ3n) is 6.85. The molecule has 2 saturated heterocycles. The summed E-state index contributed by atoms with van der Waals surface area (Å²) in [6, 6.07) is 5.35. The number of likely N-dealkylation sites (tertiary alicyclic amines) is 2.